The van der Waals surface area contributed by atoms with Crippen LogP contribution in [0, 0.1) is 17.1 Å². The first kappa shape index (κ1) is 11.0. The summed E-state index contributed by atoms with van der Waals surface area (Å²) in [5, 5.41) is 10.7. The molecule has 0 aromatic heterocycles. The lowest BCUT2D eigenvalue weighted by atomic mass is 10.2. The normalized spacial score (nSPS) is 9.13. The lowest BCUT2D eigenvalue weighted by molar-refractivity contribution is -0.115. The smallest absolute Gasteiger partial charge is 0.238 e. The second kappa shape index (κ2) is 4.96. The second-order valence-electron chi connectivity index (χ2n) is 2.73. The summed E-state index contributed by atoms with van der Waals surface area (Å²) in [6.45, 7) is 0. The van der Waals surface area contributed by atoms with E-state index < -0.39 is 11.7 Å². The minimum atomic E-state index is -0.456. The molecule has 0 aliphatic carbocycles. The molecule has 1 aromatic rings. The molecule has 1 N–H and O–H groups in total. The summed E-state index contributed by atoms with van der Waals surface area (Å²) in [5.74, 6) is -0.686. The maximum absolute atomic E-state index is 12.8. The van der Waals surface area contributed by atoms with Crippen LogP contribution in [0.1, 0.15) is 6.42 Å². The number of benzene rings is 1. The Kier molecular flexibility index (Phi) is 3.63. The standard InChI is InChI=1S/C10H9FN2O2/c1-15-9-6-7(11)2-3-8(9)13-10(14)4-5-12/h2-3,6H,4H2,1H3,(H,13,14). The van der Waals surface area contributed by atoms with Gasteiger partial charge in [-0.15, -0.1) is 0 Å². The zero-order chi connectivity index (χ0) is 11.3. The summed E-state index contributed by atoms with van der Waals surface area (Å²) in [6, 6.07) is 5.44. The van der Waals surface area contributed by atoms with Crippen LogP contribution in [0.25, 0.3) is 0 Å². The predicted octanol–water partition coefficient (Wildman–Crippen LogP) is 1.69. The topological polar surface area (TPSA) is 62.1 Å². The fraction of sp³-hybridized carbons (Fsp3) is 0.200. The molecule has 0 saturated carbocycles. The minimum Gasteiger partial charge on any atom is -0.494 e. The highest BCUT2D eigenvalue weighted by Gasteiger charge is 2.07. The molecule has 0 radical (unpaired) electrons. The number of methoxy groups -OCH3 is 1. The molecule has 15 heavy (non-hydrogen) atoms. The van der Waals surface area contributed by atoms with Crippen molar-refractivity contribution < 1.29 is 13.9 Å². The maximum Gasteiger partial charge on any atom is 0.238 e. The molecule has 0 aliphatic rings. The molecule has 5 heteroatoms. The fourth-order valence-corrected chi connectivity index (χ4v) is 1.03. The van der Waals surface area contributed by atoms with Crippen molar-refractivity contribution in [3.63, 3.8) is 0 Å². The number of amides is 1. The number of hydrogen-bond acceptors (Lipinski definition) is 3. The molecular formula is C10H9FN2O2. The number of anilines is 1. The van der Waals surface area contributed by atoms with Crippen molar-refractivity contribution in [3.05, 3.63) is 24.0 Å². The molecule has 0 unspecified atom stereocenters. The van der Waals surface area contributed by atoms with Crippen molar-refractivity contribution >= 4 is 11.6 Å². The molecular weight excluding hydrogens is 199 g/mol. The van der Waals surface area contributed by atoms with Crippen LogP contribution in [0.4, 0.5) is 10.1 Å². The van der Waals surface area contributed by atoms with Gasteiger partial charge in [0.25, 0.3) is 0 Å². The highest BCUT2D eigenvalue weighted by Crippen LogP contribution is 2.24. The van der Waals surface area contributed by atoms with E-state index in [9.17, 15) is 9.18 Å². The third-order valence-electron chi connectivity index (χ3n) is 1.68. The number of carbonyl (C=O) groups is 1. The molecule has 4 nitrogen and oxygen atoms in total. The number of halogens is 1. The third kappa shape index (κ3) is 2.95. The van der Waals surface area contributed by atoms with Gasteiger partial charge in [0.15, 0.2) is 0 Å². The Bertz CT molecular complexity index is 412. The van der Waals surface area contributed by atoms with Gasteiger partial charge in [-0.25, -0.2) is 4.39 Å². The van der Waals surface area contributed by atoms with E-state index in [0.717, 1.165) is 6.07 Å². The average Bonchev–Trinajstić information content (AvgIpc) is 2.21. The predicted molar refractivity (Wildman–Crippen MR) is 51.8 cm³/mol. The van der Waals surface area contributed by atoms with Crippen LogP contribution in [0.3, 0.4) is 0 Å². The number of nitriles is 1. The molecule has 0 aliphatic heterocycles. The Hall–Kier alpha value is -2.09. The van der Waals surface area contributed by atoms with Crippen LogP contribution in [-0.2, 0) is 4.79 Å². The van der Waals surface area contributed by atoms with E-state index in [1.807, 2.05) is 0 Å². The largest absolute Gasteiger partial charge is 0.494 e. The van der Waals surface area contributed by atoms with Gasteiger partial charge < -0.3 is 10.1 Å². The van der Waals surface area contributed by atoms with Gasteiger partial charge in [0.1, 0.15) is 18.0 Å². The molecule has 0 fully saturated rings. The number of rotatable bonds is 3. The number of hydrogen-bond donors (Lipinski definition) is 1. The lowest BCUT2D eigenvalue weighted by Gasteiger charge is -2.08. The van der Waals surface area contributed by atoms with Gasteiger partial charge in [-0.05, 0) is 12.1 Å². The van der Waals surface area contributed by atoms with E-state index in [-0.39, 0.29) is 12.2 Å². The summed E-state index contributed by atoms with van der Waals surface area (Å²) in [4.78, 5) is 11.1. The third-order valence-corrected chi connectivity index (χ3v) is 1.68. The van der Waals surface area contributed by atoms with Crippen LogP contribution in [0.2, 0.25) is 0 Å². The Morgan fingerprint density at radius 1 is 1.67 bits per heavy atom. The van der Waals surface area contributed by atoms with E-state index in [4.69, 9.17) is 10.00 Å². The van der Waals surface area contributed by atoms with Crippen LogP contribution in [0.5, 0.6) is 5.75 Å². The van der Waals surface area contributed by atoms with Crippen molar-refractivity contribution in [2.24, 2.45) is 0 Å². The first-order valence-corrected chi connectivity index (χ1v) is 4.17. The molecule has 0 saturated heterocycles. The van der Waals surface area contributed by atoms with Crippen LogP contribution >= 0.6 is 0 Å². The highest BCUT2D eigenvalue weighted by molar-refractivity contribution is 5.93. The monoisotopic (exact) mass is 208 g/mol. The highest BCUT2D eigenvalue weighted by atomic mass is 19.1. The summed E-state index contributed by atoms with van der Waals surface area (Å²) >= 11 is 0. The lowest BCUT2D eigenvalue weighted by Crippen LogP contribution is -2.11. The number of ether oxygens (including phenoxy) is 1. The molecule has 0 heterocycles. The number of nitrogens with zero attached hydrogens (tertiary/aromatic N) is 1. The van der Waals surface area contributed by atoms with E-state index >= 15 is 0 Å². The molecule has 0 atom stereocenters. The zero-order valence-electron chi connectivity index (χ0n) is 8.08. The van der Waals surface area contributed by atoms with Crippen molar-refractivity contribution in [3.8, 4) is 11.8 Å². The van der Waals surface area contributed by atoms with E-state index in [1.165, 1.54) is 19.2 Å². The molecule has 0 spiro atoms. The number of nitrogens with one attached hydrogen (secondary N) is 1. The van der Waals surface area contributed by atoms with Gasteiger partial charge in [0, 0.05) is 6.07 Å². The summed E-state index contributed by atoms with van der Waals surface area (Å²) in [7, 11) is 1.37. The van der Waals surface area contributed by atoms with Crippen molar-refractivity contribution in [1.82, 2.24) is 0 Å². The Morgan fingerprint density at radius 2 is 2.40 bits per heavy atom. The second-order valence-corrected chi connectivity index (χ2v) is 2.73. The Morgan fingerprint density at radius 3 is 3.00 bits per heavy atom. The maximum atomic E-state index is 12.8. The molecule has 0 bridgehead atoms. The quantitative estimate of drug-likeness (QED) is 0.822. The van der Waals surface area contributed by atoms with E-state index in [0.29, 0.717) is 5.69 Å². The Balaban J connectivity index is 2.85. The summed E-state index contributed by atoms with van der Waals surface area (Å²) < 4.78 is 17.6. The number of carbonyl (C=O) groups excluding carboxylic acids is 1. The van der Waals surface area contributed by atoms with Gasteiger partial charge in [-0.3, -0.25) is 4.79 Å². The Labute approximate surface area is 86.3 Å². The van der Waals surface area contributed by atoms with Crippen molar-refractivity contribution in [2.75, 3.05) is 12.4 Å². The first-order chi connectivity index (χ1) is 7.17. The van der Waals surface area contributed by atoms with Gasteiger partial charge in [0.2, 0.25) is 5.91 Å². The summed E-state index contributed by atoms with van der Waals surface area (Å²) in [5.41, 5.74) is 0.346. The molecule has 1 rings (SSSR count). The van der Waals surface area contributed by atoms with Crippen LogP contribution in [-0.4, -0.2) is 13.0 Å². The van der Waals surface area contributed by atoms with Crippen molar-refractivity contribution in [2.45, 2.75) is 6.42 Å². The zero-order valence-corrected chi connectivity index (χ0v) is 8.08. The minimum absolute atomic E-state index is 0.223. The SMILES string of the molecule is COc1cc(F)ccc1NC(=O)CC#N. The summed E-state index contributed by atoms with van der Waals surface area (Å²) in [6.07, 6.45) is -0.249. The average molecular weight is 208 g/mol. The van der Waals surface area contributed by atoms with Gasteiger partial charge in [0.05, 0.1) is 18.9 Å². The molecule has 1 amide bonds. The van der Waals surface area contributed by atoms with Gasteiger partial charge >= 0.3 is 0 Å². The molecule has 1 aromatic carbocycles. The van der Waals surface area contributed by atoms with Crippen LogP contribution in [0.15, 0.2) is 18.2 Å². The van der Waals surface area contributed by atoms with Crippen LogP contribution < -0.4 is 10.1 Å². The fourth-order valence-electron chi connectivity index (χ4n) is 1.03. The van der Waals surface area contributed by atoms with Gasteiger partial charge in [-0.2, -0.15) is 5.26 Å². The first-order valence-electron chi connectivity index (χ1n) is 4.17. The van der Waals surface area contributed by atoms with Crippen molar-refractivity contribution in [1.29, 1.82) is 5.26 Å². The van der Waals surface area contributed by atoms with E-state index in [2.05, 4.69) is 5.32 Å². The van der Waals surface area contributed by atoms with E-state index in [1.54, 1.807) is 6.07 Å². The van der Waals surface area contributed by atoms with Gasteiger partial charge in [-0.1, -0.05) is 0 Å². The molecule has 78 valence electrons.